The van der Waals surface area contributed by atoms with Gasteiger partial charge in [0.1, 0.15) is 5.69 Å². The van der Waals surface area contributed by atoms with Gasteiger partial charge in [0.05, 0.1) is 13.0 Å². The number of hydrogen-bond donors (Lipinski definition) is 3. The number of carboxylic acid groups (broad SMARTS) is 1. The predicted molar refractivity (Wildman–Crippen MR) is 100 cm³/mol. The van der Waals surface area contributed by atoms with E-state index in [1.165, 1.54) is 21.6 Å². The van der Waals surface area contributed by atoms with Gasteiger partial charge in [0.25, 0.3) is 11.8 Å². The van der Waals surface area contributed by atoms with Crippen LogP contribution in [0.2, 0.25) is 0 Å². The van der Waals surface area contributed by atoms with Crippen LogP contribution in [0.1, 0.15) is 27.4 Å². The molecule has 0 saturated carbocycles. The van der Waals surface area contributed by atoms with Crippen LogP contribution >= 0.6 is 0 Å². The molecule has 28 heavy (non-hydrogen) atoms. The van der Waals surface area contributed by atoms with E-state index in [4.69, 9.17) is 5.11 Å². The van der Waals surface area contributed by atoms with E-state index in [1.54, 1.807) is 43.6 Å². The van der Waals surface area contributed by atoms with Crippen molar-refractivity contribution in [2.24, 2.45) is 7.05 Å². The number of carbonyl (C=O) groups excluding carboxylic acids is 2. The van der Waals surface area contributed by atoms with Gasteiger partial charge in [0.15, 0.2) is 5.69 Å². The summed E-state index contributed by atoms with van der Waals surface area (Å²) in [6.45, 7) is 0.101. The Labute approximate surface area is 159 Å². The first-order valence-electron chi connectivity index (χ1n) is 8.38. The highest BCUT2D eigenvalue weighted by atomic mass is 16.4. The van der Waals surface area contributed by atoms with Crippen LogP contribution in [0.4, 0.5) is 11.4 Å². The minimum absolute atomic E-state index is 0.101. The van der Waals surface area contributed by atoms with Crippen molar-refractivity contribution in [3.05, 3.63) is 60.2 Å². The molecule has 0 bridgehead atoms. The lowest BCUT2D eigenvalue weighted by molar-refractivity contribution is -0.137. The van der Waals surface area contributed by atoms with Gasteiger partial charge in [0, 0.05) is 30.8 Å². The highest BCUT2D eigenvalue weighted by molar-refractivity contribution is 6.04. The minimum Gasteiger partial charge on any atom is -0.481 e. The fraction of sp³-hybridized carbons (Fsp3) is 0.167. The first kappa shape index (κ1) is 18.8. The average Bonchev–Trinajstić information content (AvgIpc) is 3.30. The van der Waals surface area contributed by atoms with Gasteiger partial charge in [-0.1, -0.05) is 0 Å². The number of aliphatic carboxylic acids is 1. The molecule has 2 amide bonds. The van der Waals surface area contributed by atoms with Gasteiger partial charge in [-0.15, -0.1) is 0 Å². The van der Waals surface area contributed by atoms with Gasteiger partial charge in [-0.3, -0.25) is 23.7 Å². The average molecular weight is 382 g/mol. The van der Waals surface area contributed by atoms with Crippen LogP contribution in [0.15, 0.2) is 48.8 Å². The molecular weight excluding hydrogens is 364 g/mol. The molecule has 3 rings (SSSR count). The molecule has 0 aliphatic rings. The van der Waals surface area contributed by atoms with E-state index >= 15 is 0 Å². The second-order valence-corrected chi connectivity index (χ2v) is 5.94. The van der Waals surface area contributed by atoms with Crippen molar-refractivity contribution >= 4 is 29.2 Å². The number of aromatic nitrogens is 4. The molecule has 0 radical (unpaired) electrons. The summed E-state index contributed by atoms with van der Waals surface area (Å²) in [4.78, 5) is 35.2. The van der Waals surface area contributed by atoms with Gasteiger partial charge in [-0.05, 0) is 36.4 Å². The van der Waals surface area contributed by atoms with Gasteiger partial charge in [-0.25, -0.2) is 0 Å². The number of amides is 2. The van der Waals surface area contributed by atoms with Crippen molar-refractivity contribution in [3.8, 4) is 0 Å². The smallest absolute Gasteiger partial charge is 0.305 e. The lowest BCUT2D eigenvalue weighted by Gasteiger charge is -2.09. The summed E-state index contributed by atoms with van der Waals surface area (Å²) in [6, 6.07) is 9.71. The molecule has 10 nitrogen and oxygen atoms in total. The van der Waals surface area contributed by atoms with Crippen LogP contribution in [0.25, 0.3) is 0 Å². The highest BCUT2D eigenvalue weighted by Crippen LogP contribution is 2.15. The standard InChI is InChI=1S/C18H18N6O4/c1-23-10-7-14(22-23)17(27)20-12-2-4-13(5-3-12)21-18(28)15-6-9-19-24(15)11-8-16(25)26/h2-7,9-10H,8,11H2,1H3,(H,20,27)(H,21,28)(H,25,26). The molecule has 144 valence electrons. The Bertz CT molecular complexity index is 1010. The van der Waals surface area contributed by atoms with Crippen LogP contribution in [-0.2, 0) is 18.4 Å². The molecule has 0 spiro atoms. The Balaban J connectivity index is 1.61. The number of benzene rings is 1. The molecule has 0 unspecified atom stereocenters. The van der Waals surface area contributed by atoms with Crippen molar-refractivity contribution in [3.63, 3.8) is 0 Å². The largest absolute Gasteiger partial charge is 0.481 e. The lowest BCUT2D eigenvalue weighted by Crippen LogP contribution is -2.19. The third-order valence-electron chi connectivity index (χ3n) is 3.83. The third-order valence-corrected chi connectivity index (χ3v) is 3.83. The maximum Gasteiger partial charge on any atom is 0.305 e. The van der Waals surface area contributed by atoms with Crippen LogP contribution in [0, 0.1) is 0 Å². The first-order valence-corrected chi connectivity index (χ1v) is 8.38. The topological polar surface area (TPSA) is 131 Å². The second-order valence-electron chi connectivity index (χ2n) is 5.94. The van der Waals surface area contributed by atoms with Crippen LogP contribution < -0.4 is 10.6 Å². The van der Waals surface area contributed by atoms with Gasteiger partial charge >= 0.3 is 5.97 Å². The first-order chi connectivity index (χ1) is 13.4. The zero-order valence-corrected chi connectivity index (χ0v) is 15.0. The summed E-state index contributed by atoms with van der Waals surface area (Å²) in [5, 5.41) is 22.2. The fourth-order valence-corrected chi connectivity index (χ4v) is 2.47. The van der Waals surface area contributed by atoms with Crippen LogP contribution in [-0.4, -0.2) is 42.5 Å². The number of anilines is 2. The number of nitrogens with zero attached hydrogens (tertiary/aromatic N) is 4. The third kappa shape index (κ3) is 4.61. The quantitative estimate of drug-likeness (QED) is 0.569. The Morgan fingerprint density at radius 1 is 1.00 bits per heavy atom. The summed E-state index contributed by atoms with van der Waals surface area (Å²) in [6.07, 6.45) is 2.98. The zero-order valence-electron chi connectivity index (χ0n) is 15.0. The maximum absolute atomic E-state index is 12.4. The summed E-state index contributed by atoms with van der Waals surface area (Å²) in [5.41, 5.74) is 1.63. The van der Waals surface area contributed by atoms with Crippen molar-refractivity contribution < 1.29 is 19.5 Å². The van der Waals surface area contributed by atoms with E-state index in [-0.39, 0.29) is 24.6 Å². The minimum atomic E-state index is -0.967. The monoisotopic (exact) mass is 382 g/mol. The van der Waals surface area contributed by atoms with E-state index in [1.807, 2.05) is 0 Å². The van der Waals surface area contributed by atoms with Crippen molar-refractivity contribution in [1.82, 2.24) is 19.6 Å². The molecule has 0 aliphatic heterocycles. The number of aryl methyl sites for hydroxylation is 2. The number of carbonyl (C=O) groups is 3. The Kier molecular flexibility index (Phi) is 5.49. The molecule has 2 aromatic heterocycles. The van der Waals surface area contributed by atoms with Crippen molar-refractivity contribution in [2.45, 2.75) is 13.0 Å². The van der Waals surface area contributed by atoms with Crippen LogP contribution in [0.5, 0.6) is 0 Å². The van der Waals surface area contributed by atoms with E-state index < -0.39 is 11.9 Å². The molecule has 1 aromatic carbocycles. The maximum atomic E-state index is 12.4. The van der Waals surface area contributed by atoms with Crippen LogP contribution in [0.3, 0.4) is 0 Å². The SMILES string of the molecule is Cn1ccc(C(=O)Nc2ccc(NC(=O)c3ccnn3CCC(=O)O)cc2)n1. The number of rotatable bonds is 7. The molecule has 0 atom stereocenters. The lowest BCUT2D eigenvalue weighted by atomic mass is 10.2. The fourth-order valence-electron chi connectivity index (χ4n) is 2.47. The van der Waals surface area contributed by atoms with Gasteiger partial charge in [0.2, 0.25) is 0 Å². The van der Waals surface area contributed by atoms with E-state index in [0.717, 1.165) is 0 Å². The molecule has 0 aliphatic carbocycles. The van der Waals surface area contributed by atoms with Crippen molar-refractivity contribution in [1.29, 1.82) is 0 Å². The second kappa shape index (κ2) is 8.16. The Hall–Kier alpha value is -3.95. The van der Waals surface area contributed by atoms with E-state index in [0.29, 0.717) is 17.1 Å². The summed E-state index contributed by atoms with van der Waals surface area (Å²) < 4.78 is 2.87. The molecule has 3 N–H and O–H groups in total. The molecular formula is C18H18N6O4. The predicted octanol–water partition coefficient (Wildman–Crippen LogP) is 1.60. The summed E-state index contributed by atoms with van der Waals surface area (Å²) >= 11 is 0. The number of carboxylic acids is 1. The molecule has 10 heteroatoms. The Morgan fingerprint density at radius 3 is 2.21 bits per heavy atom. The van der Waals surface area contributed by atoms with Gasteiger partial charge < -0.3 is 15.7 Å². The van der Waals surface area contributed by atoms with E-state index in [9.17, 15) is 14.4 Å². The zero-order chi connectivity index (χ0) is 20.1. The number of nitrogens with one attached hydrogen (secondary N) is 2. The summed E-state index contributed by atoms with van der Waals surface area (Å²) in [5.74, 6) is -1.71. The molecule has 0 fully saturated rings. The number of hydrogen-bond acceptors (Lipinski definition) is 5. The normalized spacial score (nSPS) is 10.5. The molecule has 0 saturated heterocycles. The molecule has 2 heterocycles. The molecule has 3 aromatic rings. The Morgan fingerprint density at radius 2 is 1.64 bits per heavy atom. The highest BCUT2D eigenvalue weighted by Gasteiger charge is 2.14. The van der Waals surface area contributed by atoms with E-state index in [2.05, 4.69) is 20.8 Å². The van der Waals surface area contributed by atoms with Gasteiger partial charge in [-0.2, -0.15) is 10.2 Å². The van der Waals surface area contributed by atoms with Crippen molar-refractivity contribution in [2.75, 3.05) is 10.6 Å². The summed E-state index contributed by atoms with van der Waals surface area (Å²) in [7, 11) is 1.72.